The van der Waals surface area contributed by atoms with E-state index < -0.39 is 0 Å². The van der Waals surface area contributed by atoms with Crippen molar-refractivity contribution in [2.75, 3.05) is 0 Å². The normalized spacial score (nSPS) is 25.8. The summed E-state index contributed by atoms with van der Waals surface area (Å²) in [4.78, 5) is 0. The van der Waals surface area contributed by atoms with E-state index in [2.05, 4.69) is 32.9 Å². The summed E-state index contributed by atoms with van der Waals surface area (Å²) < 4.78 is 0. The first-order valence-corrected chi connectivity index (χ1v) is 6.35. The van der Waals surface area contributed by atoms with Gasteiger partial charge in [-0.3, -0.25) is 0 Å². The standard InChI is InChI=1S/C15H22O/c1-10-8-12(3)14(9-11(10)2)13-6-4-5-7-15(13)16/h8-9,13,15-16H,4-7H2,1-3H3. The SMILES string of the molecule is Cc1cc(C)c(C2CCCCC2O)cc1C. The number of rotatable bonds is 1. The van der Waals surface area contributed by atoms with Crippen LogP contribution in [0.5, 0.6) is 0 Å². The summed E-state index contributed by atoms with van der Waals surface area (Å²) in [6, 6.07) is 4.54. The Labute approximate surface area is 98.5 Å². The molecule has 0 aromatic heterocycles. The fraction of sp³-hybridized carbons (Fsp3) is 0.600. The fourth-order valence-corrected chi connectivity index (χ4v) is 2.86. The molecule has 0 amide bonds. The average Bonchev–Trinajstić information content (AvgIpc) is 2.25. The second kappa shape index (κ2) is 4.58. The van der Waals surface area contributed by atoms with Crippen molar-refractivity contribution in [3.8, 4) is 0 Å². The molecule has 0 radical (unpaired) electrons. The van der Waals surface area contributed by atoms with Crippen LogP contribution in [0.4, 0.5) is 0 Å². The van der Waals surface area contributed by atoms with Gasteiger partial charge in [0, 0.05) is 5.92 Å². The highest BCUT2D eigenvalue weighted by atomic mass is 16.3. The van der Waals surface area contributed by atoms with Crippen molar-refractivity contribution in [1.29, 1.82) is 0 Å². The van der Waals surface area contributed by atoms with Crippen LogP contribution in [0.2, 0.25) is 0 Å². The molecule has 16 heavy (non-hydrogen) atoms. The van der Waals surface area contributed by atoms with Crippen LogP contribution in [0.15, 0.2) is 12.1 Å². The van der Waals surface area contributed by atoms with E-state index >= 15 is 0 Å². The lowest BCUT2D eigenvalue weighted by Crippen LogP contribution is -2.23. The molecule has 1 N–H and O–H groups in total. The van der Waals surface area contributed by atoms with E-state index in [-0.39, 0.29) is 6.10 Å². The minimum atomic E-state index is -0.130. The first-order chi connectivity index (χ1) is 7.59. The Morgan fingerprint density at radius 2 is 1.56 bits per heavy atom. The van der Waals surface area contributed by atoms with Crippen LogP contribution in [-0.4, -0.2) is 11.2 Å². The topological polar surface area (TPSA) is 20.2 Å². The number of aliphatic hydroxyl groups is 1. The van der Waals surface area contributed by atoms with E-state index in [9.17, 15) is 5.11 Å². The second-order valence-electron chi connectivity index (χ2n) is 5.25. The van der Waals surface area contributed by atoms with Gasteiger partial charge in [-0.25, -0.2) is 0 Å². The first-order valence-electron chi connectivity index (χ1n) is 6.35. The number of hydrogen-bond acceptors (Lipinski definition) is 1. The maximum atomic E-state index is 10.1. The molecule has 1 aromatic rings. The molecule has 0 aliphatic heterocycles. The smallest absolute Gasteiger partial charge is 0.0608 e. The molecule has 1 saturated carbocycles. The number of aryl methyl sites for hydroxylation is 3. The fourth-order valence-electron chi connectivity index (χ4n) is 2.86. The quantitative estimate of drug-likeness (QED) is 0.763. The lowest BCUT2D eigenvalue weighted by Gasteiger charge is -2.29. The summed E-state index contributed by atoms with van der Waals surface area (Å²) in [5, 5.41) is 10.1. The molecule has 0 bridgehead atoms. The summed E-state index contributed by atoms with van der Waals surface area (Å²) in [5.41, 5.74) is 5.41. The Morgan fingerprint density at radius 3 is 2.25 bits per heavy atom. The van der Waals surface area contributed by atoms with E-state index in [0.717, 1.165) is 12.8 Å². The minimum absolute atomic E-state index is 0.130. The third-order valence-electron chi connectivity index (χ3n) is 4.01. The molecule has 1 fully saturated rings. The highest BCUT2D eigenvalue weighted by Crippen LogP contribution is 2.35. The zero-order valence-corrected chi connectivity index (χ0v) is 10.6. The number of benzene rings is 1. The predicted molar refractivity (Wildman–Crippen MR) is 67.9 cm³/mol. The van der Waals surface area contributed by atoms with Crippen molar-refractivity contribution < 1.29 is 5.11 Å². The first kappa shape index (κ1) is 11.7. The van der Waals surface area contributed by atoms with Gasteiger partial charge in [0.1, 0.15) is 0 Å². The summed E-state index contributed by atoms with van der Waals surface area (Å²) in [6.07, 6.45) is 4.42. The molecule has 2 rings (SSSR count). The van der Waals surface area contributed by atoms with Crippen molar-refractivity contribution >= 4 is 0 Å². The largest absolute Gasteiger partial charge is 0.392 e. The summed E-state index contributed by atoms with van der Waals surface area (Å²) in [5.74, 6) is 0.369. The molecule has 88 valence electrons. The molecule has 0 spiro atoms. The lowest BCUT2D eigenvalue weighted by molar-refractivity contribution is 0.106. The van der Waals surface area contributed by atoms with Gasteiger partial charge in [0.05, 0.1) is 6.10 Å². The van der Waals surface area contributed by atoms with Crippen LogP contribution in [0.25, 0.3) is 0 Å². The van der Waals surface area contributed by atoms with E-state index in [1.54, 1.807) is 0 Å². The van der Waals surface area contributed by atoms with Crippen molar-refractivity contribution in [1.82, 2.24) is 0 Å². The monoisotopic (exact) mass is 218 g/mol. The summed E-state index contributed by atoms with van der Waals surface area (Å²) >= 11 is 0. The van der Waals surface area contributed by atoms with E-state index in [1.807, 2.05) is 0 Å². The van der Waals surface area contributed by atoms with Crippen molar-refractivity contribution in [2.24, 2.45) is 0 Å². The third-order valence-corrected chi connectivity index (χ3v) is 4.01. The van der Waals surface area contributed by atoms with Crippen LogP contribution in [0.1, 0.15) is 53.9 Å². The van der Waals surface area contributed by atoms with E-state index in [4.69, 9.17) is 0 Å². The van der Waals surface area contributed by atoms with Crippen molar-refractivity contribution in [3.05, 3.63) is 34.4 Å². The summed E-state index contributed by atoms with van der Waals surface area (Å²) in [7, 11) is 0. The molecule has 1 aromatic carbocycles. The zero-order chi connectivity index (χ0) is 11.7. The molecular formula is C15H22O. The van der Waals surface area contributed by atoms with Gasteiger partial charge in [-0.1, -0.05) is 25.0 Å². The Hall–Kier alpha value is -0.820. The highest BCUT2D eigenvalue weighted by molar-refractivity contribution is 5.39. The summed E-state index contributed by atoms with van der Waals surface area (Å²) in [6.45, 7) is 6.49. The Kier molecular flexibility index (Phi) is 3.34. The molecule has 2 atom stereocenters. The van der Waals surface area contributed by atoms with Gasteiger partial charge in [0.2, 0.25) is 0 Å². The minimum Gasteiger partial charge on any atom is -0.392 e. The van der Waals surface area contributed by atoms with Crippen LogP contribution in [0, 0.1) is 20.8 Å². The van der Waals surface area contributed by atoms with Crippen LogP contribution < -0.4 is 0 Å². The highest BCUT2D eigenvalue weighted by Gasteiger charge is 2.25. The van der Waals surface area contributed by atoms with Crippen molar-refractivity contribution in [2.45, 2.75) is 58.5 Å². The van der Waals surface area contributed by atoms with Gasteiger partial charge >= 0.3 is 0 Å². The molecule has 0 heterocycles. The van der Waals surface area contributed by atoms with E-state index in [1.165, 1.54) is 35.1 Å². The molecule has 2 unspecified atom stereocenters. The van der Waals surface area contributed by atoms with Gasteiger partial charge in [0.15, 0.2) is 0 Å². The number of aliphatic hydroxyl groups excluding tert-OH is 1. The second-order valence-corrected chi connectivity index (χ2v) is 5.25. The number of hydrogen-bond donors (Lipinski definition) is 1. The van der Waals surface area contributed by atoms with Gasteiger partial charge in [-0.05, 0) is 55.9 Å². The van der Waals surface area contributed by atoms with Gasteiger partial charge < -0.3 is 5.11 Å². The van der Waals surface area contributed by atoms with Gasteiger partial charge in [0.25, 0.3) is 0 Å². The maximum Gasteiger partial charge on any atom is 0.0608 e. The molecule has 1 aliphatic carbocycles. The van der Waals surface area contributed by atoms with Crippen LogP contribution in [-0.2, 0) is 0 Å². The molecule has 1 nitrogen and oxygen atoms in total. The van der Waals surface area contributed by atoms with Crippen LogP contribution >= 0.6 is 0 Å². The van der Waals surface area contributed by atoms with E-state index in [0.29, 0.717) is 5.92 Å². The van der Waals surface area contributed by atoms with Crippen molar-refractivity contribution in [3.63, 3.8) is 0 Å². The Bertz CT molecular complexity index is 381. The molecule has 1 aliphatic rings. The van der Waals surface area contributed by atoms with Gasteiger partial charge in [-0.15, -0.1) is 0 Å². The molecule has 0 saturated heterocycles. The van der Waals surface area contributed by atoms with Gasteiger partial charge in [-0.2, -0.15) is 0 Å². The molecular weight excluding hydrogens is 196 g/mol. The predicted octanol–water partition coefficient (Wildman–Crippen LogP) is 3.63. The zero-order valence-electron chi connectivity index (χ0n) is 10.6. The molecule has 1 heteroatoms. The lowest BCUT2D eigenvalue weighted by atomic mass is 9.79. The maximum absolute atomic E-state index is 10.1. The Morgan fingerprint density at radius 1 is 0.938 bits per heavy atom. The van der Waals surface area contributed by atoms with Crippen LogP contribution in [0.3, 0.4) is 0 Å². The average molecular weight is 218 g/mol. The Balaban J connectivity index is 2.35. The third kappa shape index (κ3) is 2.15.